The summed E-state index contributed by atoms with van der Waals surface area (Å²) in [4.78, 5) is 0. The average molecular weight is 286 g/mol. The van der Waals surface area contributed by atoms with Crippen molar-refractivity contribution in [3.8, 4) is 12.3 Å². The van der Waals surface area contributed by atoms with Crippen LogP contribution in [0.2, 0.25) is 0 Å². The summed E-state index contributed by atoms with van der Waals surface area (Å²) >= 11 is 0. The lowest BCUT2D eigenvalue weighted by atomic mass is 10.8. The van der Waals surface area contributed by atoms with E-state index in [1.807, 2.05) is 5.92 Å². The molecule has 0 heterocycles. The van der Waals surface area contributed by atoms with Gasteiger partial charge in [-0.3, -0.25) is 8.37 Å². The van der Waals surface area contributed by atoms with E-state index in [2.05, 4.69) is 8.37 Å². The van der Waals surface area contributed by atoms with E-state index in [0.717, 1.165) is 7.11 Å². The van der Waals surface area contributed by atoms with Gasteiger partial charge in [0.05, 0.1) is 31.8 Å². The van der Waals surface area contributed by atoms with Gasteiger partial charge in [0.2, 0.25) is 0 Å². The van der Waals surface area contributed by atoms with Gasteiger partial charge in [-0.15, -0.1) is 6.42 Å². The molecule has 0 aliphatic heterocycles. The second-order valence-electron chi connectivity index (χ2n) is 2.77. The molecule has 0 saturated heterocycles. The minimum atomic E-state index is -3.71. The lowest BCUT2D eigenvalue weighted by Gasteiger charge is -2.04. The molecule has 0 amide bonds. The van der Waals surface area contributed by atoms with Crippen molar-refractivity contribution < 1.29 is 29.9 Å². The first-order chi connectivity index (χ1) is 7.83. The van der Waals surface area contributed by atoms with Crippen molar-refractivity contribution in [2.24, 2.45) is 0 Å². The Hall–Kier alpha value is -0.660. The van der Waals surface area contributed by atoms with Gasteiger partial charge in [-0.25, -0.2) is 0 Å². The van der Waals surface area contributed by atoms with Gasteiger partial charge in [0.1, 0.15) is 6.61 Å². The first-order valence-electron chi connectivity index (χ1n) is 4.49. The molecule has 0 atom stereocenters. The molecule has 9 heteroatoms. The molecule has 0 aromatic carbocycles. The van der Waals surface area contributed by atoms with E-state index < -0.39 is 20.2 Å². The third-order valence-corrected chi connectivity index (χ3v) is 3.85. The first-order valence-corrected chi connectivity index (χ1v) is 7.65. The van der Waals surface area contributed by atoms with Crippen LogP contribution in [0.5, 0.6) is 0 Å². The second kappa shape index (κ2) is 7.62. The van der Waals surface area contributed by atoms with Crippen LogP contribution in [0.4, 0.5) is 0 Å². The van der Waals surface area contributed by atoms with Gasteiger partial charge in [0.25, 0.3) is 20.2 Å². The number of hydrogen-bond donors (Lipinski definition) is 0. The van der Waals surface area contributed by atoms with Gasteiger partial charge >= 0.3 is 0 Å². The standard InChI is InChI=1S/C8H14O7S2/c1-3-4-15-17(11,12)8-6-14-5-7-16(9,10)13-2/h1H,4-8H2,2H3. The monoisotopic (exact) mass is 286 g/mol. The second-order valence-corrected chi connectivity index (χ2v) is 6.39. The van der Waals surface area contributed by atoms with Crippen LogP contribution in [-0.4, -0.2) is 55.3 Å². The van der Waals surface area contributed by atoms with E-state index in [4.69, 9.17) is 11.2 Å². The van der Waals surface area contributed by atoms with Crippen LogP contribution in [0.25, 0.3) is 0 Å². The Labute approximate surface area is 101 Å². The zero-order chi connectivity index (χ0) is 13.4. The predicted molar refractivity (Wildman–Crippen MR) is 60.2 cm³/mol. The highest BCUT2D eigenvalue weighted by atomic mass is 32.2. The van der Waals surface area contributed by atoms with Crippen LogP contribution in [-0.2, 0) is 33.3 Å². The average Bonchev–Trinajstić information content (AvgIpc) is 2.26. The molecule has 100 valence electrons. The minimum Gasteiger partial charge on any atom is -0.379 e. The molecule has 0 radical (unpaired) electrons. The van der Waals surface area contributed by atoms with Crippen molar-refractivity contribution >= 4 is 20.2 Å². The van der Waals surface area contributed by atoms with E-state index in [9.17, 15) is 16.8 Å². The molecule has 0 N–H and O–H groups in total. The van der Waals surface area contributed by atoms with Crippen molar-refractivity contribution in [2.75, 3.05) is 38.4 Å². The minimum absolute atomic E-state index is 0.152. The van der Waals surface area contributed by atoms with E-state index in [1.54, 1.807) is 0 Å². The van der Waals surface area contributed by atoms with E-state index in [-0.39, 0.29) is 31.3 Å². The molecule has 0 aliphatic rings. The fraction of sp³-hybridized carbons (Fsp3) is 0.750. The SMILES string of the molecule is C#CCOS(=O)(=O)CCOCCS(=O)(=O)OC. The molecule has 0 spiro atoms. The van der Waals surface area contributed by atoms with Gasteiger partial charge in [0, 0.05) is 0 Å². The summed E-state index contributed by atoms with van der Waals surface area (Å²) in [7, 11) is -6.26. The van der Waals surface area contributed by atoms with Gasteiger partial charge in [-0.05, 0) is 0 Å². The maximum Gasteiger partial charge on any atom is 0.270 e. The Bertz CT molecular complexity index is 443. The van der Waals surface area contributed by atoms with Gasteiger partial charge in [-0.2, -0.15) is 16.8 Å². The van der Waals surface area contributed by atoms with Crippen molar-refractivity contribution in [3.05, 3.63) is 0 Å². The van der Waals surface area contributed by atoms with Gasteiger partial charge < -0.3 is 4.74 Å². The molecule has 0 fully saturated rings. The molecule has 0 rings (SSSR count). The lowest BCUT2D eigenvalue weighted by molar-refractivity contribution is 0.161. The first kappa shape index (κ1) is 16.3. The zero-order valence-electron chi connectivity index (χ0n) is 9.29. The van der Waals surface area contributed by atoms with Crippen LogP contribution >= 0.6 is 0 Å². The fourth-order valence-corrected chi connectivity index (χ4v) is 1.87. The normalized spacial score (nSPS) is 12.2. The number of terminal acetylenes is 1. The molecule has 0 aromatic heterocycles. The summed E-state index contributed by atoms with van der Waals surface area (Å²) in [6.07, 6.45) is 4.82. The molecule has 17 heavy (non-hydrogen) atoms. The van der Waals surface area contributed by atoms with E-state index >= 15 is 0 Å². The third kappa shape index (κ3) is 9.08. The molecular formula is C8H14O7S2. The van der Waals surface area contributed by atoms with Crippen LogP contribution in [0.15, 0.2) is 0 Å². The molecule has 7 nitrogen and oxygen atoms in total. The van der Waals surface area contributed by atoms with Crippen molar-refractivity contribution in [2.45, 2.75) is 0 Å². The quantitative estimate of drug-likeness (QED) is 0.303. The maximum absolute atomic E-state index is 11.1. The summed E-state index contributed by atoms with van der Waals surface area (Å²) in [5, 5.41) is 0. The molecule has 0 unspecified atom stereocenters. The molecule has 0 bridgehead atoms. The van der Waals surface area contributed by atoms with Crippen LogP contribution in [0.1, 0.15) is 0 Å². The topological polar surface area (TPSA) is 96.0 Å². The van der Waals surface area contributed by atoms with Gasteiger partial charge in [-0.1, -0.05) is 5.92 Å². The highest BCUT2D eigenvalue weighted by Gasteiger charge is 2.11. The number of ether oxygens (including phenoxy) is 1. The summed E-state index contributed by atoms with van der Waals surface area (Å²) in [5.74, 6) is 1.29. The Morgan fingerprint density at radius 3 is 2.06 bits per heavy atom. The molecule has 0 aliphatic carbocycles. The third-order valence-electron chi connectivity index (χ3n) is 1.53. The van der Waals surface area contributed by atoms with Crippen molar-refractivity contribution in [1.29, 1.82) is 0 Å². The Kier molecular flexibility index (Phi) is 7.33. The van der Waals surface area contributed by atoms with Gasteiger partial charge in [0.15, 0.2) is 0 Å². The van der Waals surface area contributed by atoms with E-state index in [0.29, 0.717) is 0 Å². The number of hydrogen-bond acceptors (Lipinski definition) is 7. The highest BCUT2D eigenvalue weighted by Crippen LogP contribution is 1.94. The van der Waals surface area contributed by atoms with Crippen LogP contribution < -0.4 is 0 Å². The van der Waals surface area contributed by atoms with Crippen LogP contribution in [0.3, 0.4) is 0 Å². The fourth-order valence-electron chi connectivity index (χ4n) is 0.690. The molecular weight excluding hydrogens is 272 g/mol. The Morgan fingerprint density at radius 1 is 1.06 bits per heavy atom. The zero-order valence-corrected chi connectivity index (χ0v) is 10.9. The summed E-state index contributed by atoms with van der Waals surface area (Å²) < 4.78 is 57.1. The van der Waals surface area contributed by atoms with Crippen molar-refractivity contribution in [3.63, 3.8) is 0 Å². The number of rotatable bonds is 9. The molecule has 0 aromatic rings. The molecule has 0 saturated carbocycles. The highest BCUT2D eigenvalue weighted by molar-refractivity contribution is 7.87. The maximum atomic E-state index is 11.1. The Morgan fingerprint density at radius 2 is 1.59 bits per heavy atom. The largest absolute Gasteiger partial charge is 0.379 e. The van der Waals surface area contributed by atoms with E-state index in [1.165, 1.54) is 0 Å². The predicted octanol–water partition coefficient (Wildman–Crippen LogP) is -1.04. The van der Waals surface area contributed by atoms with Crippen LogP contribution in [0, 0.1) is 12.3 Å². The summed E-state index contributed by atoms with van der Waals surface area (Å²) in [6, 6.07) is 0. The van der Waals surface area contributed by atoms with Crippen molar-refractivity contribution in [1.82, 2.24) is 0 Å². The smallest absolute Gasteiger partial charge is 0.270 e. The summed E-state index contributed by atoms with van der Waals surface area (Å²) in [5.41, 5.74) is 0. The lowest BCUT2D eigenvalue weighted by Crippen LogP contribution is -2.18. The Balaban J connectivity index is 3.76. The summed E-state index contributed by atoms with van der Waals surface area (Å²) in [6.45, 7) is -0.659.